The van der Waals surface area contributed by atoms with Gasteiger partial charge in [-0.3, -0.25) is 9.59 Å². The van der Waals surface area contributed by atoms with Crippen LogP contribution in [0.3, 0.4) is 0 Å². The molecule has 0 radical (unpaired) electrons. The number of hydrogen-bond donors (Lipinski definition) is 0. The predicted octanol–water partition coefficient (Wildman–Crippen LogP) is 5.29. The second kappa shape index (κ2) is 8.16. The molecule has 1 aliphatic carbocycles. The minimum absolute atomic E-state index is 0.0416. The molecule has 0 saturated heterocycles. The van der Waals surface area contributed by atoms with E-state index in [0.29, 0.717) is 43.6 Å². The average Bonchev–Trinajstić information content (AvgIpc) is 2.81. The Kier molecular flexibility index (Phi) is 6.49. The Labute approximate surface area is 147 Å². The summed E-state index contributed by atoms with van der Waals surface area (Å²) < 4.78 is 5.69. The van der Waals surface area contributed by atoms with E-state index in [4.69, 9.17) is 27.9 Å². The number of benzene rings is 1. The number of unbranched alkanes of at least 4 members (excludes halogenated alkanes) is 1. The molecule has 1 aromatic carbocycles. The highest BCUT2D eigenvalue weighted by atomic mass is 35.5. The maximum absolute atomic E-state index is 12.1. The number of ketones is 2. The van der Waals surface area contributed by atoms with Crippen LogP contribution in [-0.2, 0) is 11.2 Å². The molecule has 0 amide bonds. The Balaban J connectivity index is 1.95. The molecule has 2 rings (SSSR count). The predicted molar refractivity (Wildman–Crippen MR) is 92.9 cm³/mol. The van der Waals surface area contributed by atoms with E-state index in [1.54, 1.807) is 0 Å². The zero-order valence-electron chi connectivity index (χ0n) is 13.6. The molecule has 1 atom stereocenters. The topological polar surface area (TPSA) is 43.4 Å². The normalized spacial score (nSPS) is 16.5. The zero-order valence-corrected chi connectivity index (χ0v) is 15.1. The van der Waals surface area contributed by atoms with Gasteiger partial charge < -0.3 is 4.74 Å². The van der Waals surface area contributed by atoms with Gasteiger partial charge in [-0.25, -0.2) is 0 Å². The summed E-state index contributed by atoms with van der Waals surface area (Å²) in [5.41, 5.74) is 1.43. The van der Waals surface area contributed by atoms with Gasteiger partial charge in [-0.2, -0.15) is 0 Å². The van der Waals surface area contributed by atoms with Crippen molar-refractivity contribution in [3.8, 4) is 5.75 Å². The molecule has 1 aromatic rings. The van der Waals surface area contributed by atoms with Crippen LogP contribution in [0.5, 0.6) is 5.75 Å². The maximum atomic E-state index is 12.1. The molecule has 0 aliphatic heterocycles. The van der Waals surface area contributed by atoms with Crippen LogP contribution in [0.2, 0.25) is 10.0 Å². The standard InChI is InChI=1S/C18H22Cl2O3/c1-3-4-6-13(21)7-5-8-23-14-10-12-9-11(2)18(22)15(12)17(20)16(14)19/h10-11H,3-9H2,1-2H3. The second-order valence-corrected chi connectivity index (χ2v) is 6.86. The lowest BCUT2D eigenvalue weighted by molar-refractivity contribution is -0.119. The molecule has 23 heavy (non-hydrogen) atoms. The number of ether oxygens (including phenoxy) is 1. The maximum Gasteiger partial charge on any atom is 0.167 e. The van der Waals surface area contributed by atoms with Crippen LogP contribution in [0.1, 0.15) is 61.9 Å². The Morgan fingerprint density at radius 1 is 1.26 bits per heavy atom. The molecule has 3 nitrogen and oxygen atoms in total. The van der Waals surface area contributed by atoms with Crippen LogP contribution in [0, 0.1) is 5.92 Å². The summed E-state index contributed by atoms with van der Waals surface area (Å²) in [7, 11) is 0. The first-order chi connectivity index (χ1) is 11.0. The van der Waals surface area contributed by atoms with Crippen molar-refractivity contribution in [1.82, 2.24) is 0 Å². The van der Waals surface area contributed by atoms with Crippen LogP contribution in [0.15, 0.2) is 6.07 Å². The van der Waals surface area contributed by atoms with E-state index < -0.39 is 0 Å². The van der Waals surface area contributed by atoms with Crippen molar-refractivity contribution in [2.45, 2.75) is 52.4 Å². The average molecular weight is 357 g/mol. The fourth-order valence-corrected chi connectivity index (χ4v) is 3.32. The van der Waals surface area contributed by atoms with Crippen molar-refractivity contribution in [2.24, 2.45) is 5.92 Å². The van der Waals surface area contributed by atoms with Crippen molar-refractivity contribution in [2.75, 3.05) is 6.61 Å². The summed E-state index contributed by atoms with van der Waals surface area (Å²) in [6.45, 7) is 4.37. The Bertz CT molecular complexity index is 611. The molecular weight excluding hydrogens is 335 g/mol. The summed E-state index contributed by atoms with van der Waals surface area (Å²) in [6.07, 6.45) is 4.45. The monoisotopic (exact) mass is 356 g/mol. The number of fused-ring (bicyclic) bond motifs is 1. The number of halogens is 2. The lowest BCUT2D eigenvalue weighted by Gasteiger charge is -2.12. The highest BCUT2D eigenvalue weighted by Gasteiger charge is 2.31. The van der Waals surface area contributed by atoms with Crippen molar-refractivity contribution >= 4 is 34.8 Å². The van der Waals surface area contributed by atoms with Crippen molar-refractivity contribution < 1.29 is 14.3 Å². The van der Waals surface area contributed by atoms with Crippen molar-refractivity contribution in [1.29, 1.82) is 0 Å². The van der Waals surface area contributed by atoms with E-state index in [1.165, 1.54) is 0 Å². The molecule has 0 aromatic heterocycles. The van der Waals surface area contributed by atoms with Gasteiger partial charge in [0.05, 0.1) is 11.6 Å². The third-order valence-corrected chi connectivity index (χ3v) is 4.99. The van der Waals surface area contributed by atoms with E-state index in [1.807, 2.05) is 13.0 Å². The number of hydrogen-bond acceptors (Lipinski definition) is 3. The fraction of sp³-hybridized carbons (Fsp3) is 0.556. The second-order valence-electron chi connectivity index (χ2n) is 6.10. The van der Waals surface area contributed by atoms with E-state index in [-0.39, 0.29) is 27.5 Å². The van der Waals surface area contributed by atoms with E-state index in [0.717, 1.165) is 18.4 Å². The molecular formula is C18H22Cl2O3. The Morgan fingerprint density at radius 2 is 1.96 bits per heavy atom. The van der Waals surface area contributed by atoms with Gasteiger partial charge in [0.25, 0.3) is 0 Å². The van der Waals surface area contributed by atoms with Crippen molar-refractivity contribution in [3.63, 3.8) is 0 Å². The van der Waals surface area contributed by atoms with Gasteiger partial charge >= 0.3 is 0 Å². The van der Waals surface area contributed by atoms with E-state index >= 15 is 0 Å². The summed E-state index contributed by atoms with van der Waals surface area (Å²) in [6, 6.07) is 1.81. The number of rotatable bonds is 8. The van der Waals surface area contributed by atoms with Crippen LogP contribution in [0.4, 0.5) is 0 Å². The third-order valence-electron chi connectivity index (χ3n) is 4.14. The van der Waals surface area contributed by atoms with E-state index in [9.17, 15) is 9.59 Å². The van der Waals surface area contributed by atoms with Crippen LogP contribution >= 0.6 is 23.2 Å². The molecule has 1 aliphatic rings. The molecule has 0 bridgehead atoms. The van der Waals surface area contributed by atoms with Gasteiger partial charge in [-0.05, 0) is 30.9 Å². The smallest absolute Gasteiger partial charge is 0.167 e. The quantitative estimate of drug-likeness (QED) is 0.594. The number of carbonyl (C=O) groups is 2. The summed E-state index contributed by atoms with van der Waals surface area (Å²) in [5.74, 6) is 0.747. The number of Topliss-reactive ketones (excluding diaryl/α,β-unsaturated/α-hetero) is 2. The molecule has 0 saturated carbocycles. The molecule has 0 fully saturated rings. The minimum Gasteiger partial charge on any atom is -0.492 e. The highest BCUT2D eigenvalue weighted by molar-refractivity contribution is 6.45. The van der Waals surface area contributed by atoms with Gasteiger partial charge in [-0.1, -0.05) is 43.5 Å². The number of carbonyl (C=O) groups excluding carboxylic acids is 2. The summed E-state index contributed by atoms with van der Waals surface area (Å²) >= 11 is 12.5. The van der Waals surface area contributed by atoms with Crippen LogP contribution in [0.25, 0.3) is 0 Å². The SMILES string of the molecule is CCCCC(=O)CCCOc1cc2c(c(Cl)c1Cl)C(=O)C(C)C2. The lowest BCUT2D eigenvalue weighted by Crippen LogP contribution is -2.05. The van der Waals surface area contributed by atoms with Gasteiger partial charge in [0.2, 0.25) is 0 Å². The Morgan fingerprint density at radius 3 is 2.65 bits per heavy atom. The summed E-state index contributed by atoms with van der Waals surface area (Å²) in [5, 5.41) is 0.567. The van der Waals surface area contributed by atoms with Gasteiger partial charge in [-0.15, -0.1) is 0 Å². The molecule has 0 heterocycles. The highest BCUT2D eigenvalue weighted by Crippen LogP contribution is 2.42. The minimum atomic E-state index is -0.0648. The lowest BCUT2D eigenvalue weighted by atomic mass is 10.1. The van der Waals surface area contributed by atoms with Crippen LogP contribution in [-0.4, -0.2) is 18.2 Å². The largest absolute Gasteiger partial charge is 0.492 e. The molecule has 1 unspecified atom stereocenters. The fourth-order valence-electron chi connectivity index (χ4n) is 2.80. The molecule has 126 valence electrons. The van der Waals surface area contributed by atoms with Crippen molar-refractivity contribution in [3.05, 3.63) is 27.2 Å². The first-order valence-electron chi connectivity index (χ1n) is 8.15. The molecule has 0 N–H and O–H groups in total. The first-order valence-corrected chi connectivity index (χ1v) is 8.90. The molecule has 5 heteroatoms. The van der Waals surface area contributed by atoms with Gasteiger partial charge in [0.1, 0.15) is 16.6 Å². The van der Waals surface area contributed by atoms with Gasteiger partial charge in [0.15, 0.2) is 5.78 Å². The third kappa shape index (κ3) is 4.27. The summed E-state index contributed by atoms with van der Waals surface area (Å²) in [4.78, 5) is 23.7. The first kappa shape index (κ1) is 18.3. The Hall–Kier alpha value is -1.06. The van der Waals surface area contributed by atoms with Crippen LogP contribution < -0.4 is 4.74 Å². The van der Waals surface area contributed by atoms with E-state index in [2.05, 4.69) is 6.92 Å². The molecule has 0 spiro atoms. The zero-order chi connectivity index (χ0) is 17.0. The van der Waals surface area contributed by atoms with Gasteiger partial charge in [0, 0.05) is 24.3 Å².